The van der Waals surface area contributed by atoms with Crippen LogP contribution in [0.5, 0.6) is 0 Å². The average Bonchev–Trinajstić information content (AvgIpc) is 2.98. The number of halogens is 1. The van der Waals surface area contributed by atoms with Gasteiger partial charge in [0, 0.05) is 11.4 Å². The molecule has 1 aromatic carbocycles. The van der Waals surface area contributed by atoms with E-state index in [4.69, 9.17) is 5.11 Å². The van der Waals surface area contributed by atoms with Gasteiger partial charge in [0.1, 0.15) is 0 Å². The summed E-state index contributed by atoms with van der Waals surface area (Å²) in [6.45, 7) is 0.509. The average molecular weight is 367 g/mol. The summed E-state index contributed by atoms with van der Waals surface area (Å²) in [6.07, 6.45) is 0.723. The molecular formula is C14H11BrN2O3S. The zero-order valence-corrected chi connectivity index (χ0v) is 13.2. The van der Waals surface area contributed by atoms with Gasteiger partial charge in [-0.1, -0.05) is 0 Å². The van der Waals surface area contributed by atoms with E-state index in [0.29, 0.717) is 17.6 Å². The monoisotopic (exact) mass is 366 g/mol. The Morgan fingerprint density at radius 2 is 2.14 bits per heavy atom. The number of hydrogen-bond acceptors (Lipinski definition) is 3. The number of imidazole rings is 1. The fraction of sp³-hybridized carbons (Fsp3) is 0.143. The molecule has 21 heavy (non-hydrogen) atoms. The summed E-state index contributed by atoms with van der Waals surface area (Å²) in [5.41, 5.74) is 1.23. The number of nitrogens with one attached hydrogen (secondary N) is 1. The van der Waals surface area contributed by atoms with Gasteiger partial charge in [-0.15, -0.1) is 11.3 Å². The van der Waals surface area contributed by atoms with E-state index in [2.05, 4.69) is 20.9 Å². The zero-order valence-electron chi connectivity index (χ0n) is 10.8. The number of benzene rings is 1. The highest BCUT2D eigenvalue weighted by molar-refractivity contribution is 9.11. The van der Waals surface area contributed by atoms with Crippen molar-refractivity contribution < 1.29 is 9.90 Å². The van der Waals surface area contributed by atoms with Gasteiger partial charge in [-0.2, -0.15) is 0 Å². The molecule has 0 amide bonds. The minimum Gasteiger partial charge on any atom is -0.478 e. The molecule has 0 bridgehead atoms. The van der Waals surface area contributed by atoms with Crippen LogP contribution in [-0.4, -0.2) is 20.6 Å². The Labute approximate surface area is 132 Å². The molecule has 0 unspecified atom stereocenters. The highest BCUT2D eigenvalue weighted by atomic mass is 79.9. The first-order chi connectivity index (χ1) is 10.0. The molecule has 0 aliphatic rings. The standard InChI is InChI=1S/C14H11BrN2O3S/c15-12-4-2-9(21-12)5-6-17-11-7-8(13(18)19)1-3-10(11)16-14(17)20/h1-4,7H,5-6H2,(H,16,20)(H,18,19). The van der Waals surface area contributed by atoms with Crippen LogP contribution in [0.2, 0.25) is 0 Å². The summed E-state index contributed by atoms with van der Waals surface area (Å²) in [5.74, 6) is -1.00. The van der Waals surface area contributed by atoms with E-state index in [1.54, 1.807) is 22.0 Å². The minimum atomic E-state index is -1.00. The molecule has 0 saturated heterocycles. The lowest BCUT2D eigenvalue weighted by Gasteiger charge is -2.03. The molecular weight excluding hydrogens is 356 g/mol. The fourth-order valence-electron chi connectivity index (χ4n) is 2.22. The van der Waals surface area contributed by atoms with Crippen LogP contribution in [-0.2, 0) is 13.0 Å². The maximum Gasteiger partial charge on any atom is 0.335 e. The van der Waals surface area contributed by atoms with Gasteiger partial charge in [0.2, 0.25) is 0 Å². The number of carboxylic acids is 1. The smallest absolute Gasteiger partial charge is 0.335 e. The Hall–Kier alpha value is -1.86. The summed E-state index contributed by atoms with van der Waals surface area (Å²) < 4.78 is 2.63. The number of thiophene rings is 1. The number of H-pyrrole nitrogens is 1. The molecule has 0 atom stereocenters. The van der Waals surface area contributed by atoms with E-state index in [1.807, 2.05) is 12.1 Å². The van der Waals surface area contributed by atoms with Crippen LogP contribution < -0.4 is 5.69 Å². The second kappa shape index (κ2) is 5.50. The molecule has 0 fully saturated rings. The maximum atomic E-state index is 12.0. The number of fused-ring (bicyclic) bond motifs is 1. The molecule has 0 radical (unpaired) electrons. The van der Waals surface area contributed by atoms with E-state index in [1.165, 1.54) is 12.1 Å². The maximum absolute atomic E-state index is 12.0. The second-order valence-corrected chi connectivity index (χ2v) is 7.12. The van der Waals surface area contributed by atoms with Crippen LogP contribution in [0, 0.1) is 0 Å². The first-order valence-electron chi connectivity index (χ1n) is 6.24. The number of aromatic carboxylic acids is 1. The van der Waals surface area contributed by atoms with Crippen molar-refractivity contribution >= 4 is 44.3 Å². The first kappa shape index (κ1) is 14.1. The quantitative estimate of drug-likeness (QED) is 0.744. The van der Waals surface area contributed by atoms with Crippen molar-refractivity contribution in [1.82, 2.24) is 9.55 Å². The summed E-state index contributed by atoms with van der Waals surface area (Å²) in [6, 6.07) is 8.62. The van der Waals surface area contributed by atoms with Gasteiger partial charge in [-0.05, 0) is 52.7 Å². The lowest BCUT2D eigenvalue weighted by molar-refractivity contribution is 0.0697. The van der Waals surface area contributed by atoms with Crippen molar-refractivity contribution in [3.05, 3.63) is 55.0 Å². The largest absolute Gasteiger partial charge is 0.478 e. The summed E-state index contributed by atoms with van der Waals surface area (Å²) in [7, 11) is 0. The Bertz CT molecular complexity index is 878. The van der Waals surface area contributed by atoms with Crippen LogP contribution in [0.1, 0.15) is 15.2 Å². The number of hydrogen-bond donors (Lipinski definition) is 2. The van der Waals surface area contributed by atoms with Gasteiger partial charge >= 0.3 is 11.7 Å². The number of carbonyl (C=O) groups is 1. The third kappa shape index (κ3) is 2.79. The number of nitrogens with zero attached hydrogens (tertiary/aromatic N) is 1. The third-order valence-corrected chi connectivity index (χ3v) is 4.92. The van der Waals surface area contributed by atoms with Crippen molar-refractivity contribution in [3.63, 3.8) is 0 Å². The predicted octanol–water partition coefficient (Wildman–Crippen LogP) is 3.09. The van der Waals surface area contributed by atoms with Crippen LogP contribution in [0.4, 0.5) is 0 Å². The molecule has 0 aliphatic heterocycles. The van der Waals surface area contributed by atoms with Gasteiger partial charge < -0.3 is 10.1 Å². The van der Waals surface area contributed by atoms with Crippen molar-refractivity contribution in [3.8, 4) is 0 Å². The highest BCUT2D eigenvalue weighted by Crippen LogP contribution is 2.23. The van der Waals surface area contributed by atoms with Crippen LogP contribution in [0.25, 0.3) is 11.0 Å². The molecule has 5 nitrogen and oxygen atoms in total. The van der Waals surface area contributed by atoms with E-state index in [9.17, 15) is 9.59 Å². The lowest BCUT2D eigenvalue weighted by atomic mass is 10.2. The number of aryl methyl sites for hydroxylation is 2. The second-order valence-electron chi connectivity index (χ2n) is 4.57. The summed E-state index contributed by atoms with van der Waals surface area (Å²) in [4.78, 5) is 27.0. The normalized spacial score (nSPS) is 11.1. The molecule has 0 saturated carbocycles. The molecule has 2 N–H and O–H groups in total. The molecule has 2 aromatic heterocycles. The zero-order chi connectivity index (χ0) is 15.0. The Balaban J connectivity index is 1.96. The molecule has 108 valence electrons. The van der Waals surface area contributed by atoms with Gasteiger partial charge in [0.15, 0.2) is 0 Å². The highest BCUT2D eigenvalue weighted by Gasteiger charge is 2.10. The first-order valence-corrected chi connectivity index (χ1v) is 7.85. The van der Waals surface area contributed by atoms with Gasteiger partial charge in [0.05, 0.1) is 20.4 Å². The van der Waals surface area contributed by atoms with E-state index in [0.717, 1.165) is 15.1 Å². The summed E-state index contributed by atoms with van der Waals surface area (Å²) in [5, 5.41) is 9.05. The van der Waals surface area contributed by atoms with Crippen molar-refractivity contribution in [1.29, 1.82) is 0 Å². The number of aromatic amines is 1. The lowest BCUT2D eigenvalue weighted by Crippen LogP contribution is -2.17. The van der Waals surface area contributed by atoms with Crippen molar-refractivity contribution in [2.24, 2.45) is 0 Å². The molecule has 2 heterocycles. The minimum absolute atomic E-state index is 0.175. The Morgan fingerprint density at radius 1 is 1.33 bits per heavy atom. The van der Waals surface area contributed by atoms with E-state index in [-0.39, 0.29) is 11.3 Å². The topological polar surface area (TPSA) is 75.1 Å². The Morgan fingerprint density at radius 3 is 2.81 bits per heavy atom. The van der Waals surface area contributed by atoms with Gasteiger partial charge in [-0.3, -0.25) is 4.57 Å². The number of aromatic nitrogens is 2. The number of rotatable bonds is 4. The van der Waals surface area contributed by atoms with Crippen molar-refractivity contribution in [2.45, 2.75) is 13.0 Å². The summed E-state index contributed by atoms with van der Waals surface area (Å²) >= 11 is 5.03. The van der Waals surface area contributed by atoms with Gasteiger partial charge in [0.25, 0.3) is 0 Å². The van der Waals surface area contributed by atoms with Crippen LogP contribution in [0.15, 0.2) is 38.9 Å². The predicted molar refractivity (Wildman–Crippen MR) is 85.2 cm³/mol. The third-order valence-electron chi connectivity index (χ3n) is 3.23. The fourth-order valence-corrected chi connectivity index (χ4v) is 3.69. The molecule has 3 rings (SSSR count). The van der Waals surface area contributed by atoms with Crippen LogP contribution in [0.3, 0.4) is 0 Å². The van der Waals surface area contributed by atoms with Gasteiger partial charge in [-0.25, -0.2) is 9.59 Å². The van der Waals surface area contributed by atoms with E-state index < -0.39 is 5.97 Å². The number of carboxylic acid groups (broad SMARTS) is 1. The van der Waals surface area contributed by atoms with Crippen LogP contribution >= 0.6 is 27.3 Å². The molecule has 0 spiro atoms. The van der Waals surface area contributed by atoms with E-state index >= 15 is 0 Å². The molecule has 3 aromatic rings. The SMILES string of the molecule is O=C(O)c1ccc2[nH]c(=O)n(CCc3ccc(Br)s3)c2c1. The Kier molecular flexibility index (Phi) is 3.69. The molecule has 7 heteroatoms. The molecule has 0 aliphatic carbocycles. The van der Waals surface area contributed by atoms with Crippen molar-refractivity contribution in [2.75, 3.05) is 0 Å².